The van der Waals surface area contributed by atoms with E-state index in [1.807, 2.05) is 19.1 Å². The van der Waals surface area contributed by atoms with Crippen LogP contribution >= 0.6 is 0 Å². The number of aryl methyl sites for hydroxylation is 1. The maximum Gasteiger partial charge on any atom is 0.128 e. The maximum absolute atomic E-state index is 14.1. The van der Waals surface area contributed by atoms with E-state index in [0.717, 1.165) is 31.2 Å². The van der Waals surface area contributed by atoms with Crippen LogP contribution in [0.1, 0.15) is 64.0 Å². The number of nitrogens with two attached hydrogens (primary N) is 1. The highest BCUT2D eigenvalue weighted by molar-refractivity contribution is 5.31. The topological polar surface area (TPSA) is 26.0 Å². The van der Waals surface area contributed by atoms with Crippen LogP contribution in [0.4, 0.5) is 4.39 Å². The van der Waals surface area contributed by atoms with E-state index in [1.54, 1.807) is 6.07 Å². The van der Waals surface area contributed by atoms with Gasteiger partial charge in [0.05, 0.1) is 0 Å². The highest BCUT2D eigenvalue weighted by Crippen LogP contribution is 2.46. The van der Waals surface area contributed by atoms with Gasteiger partial charge >= 0.3 is 0 Å². The Morgan fingerprint density at radius 3 is 2.45 bits per heavy atom. The molecule has 0 spiro atoms. The Bertz CT molecular complexity index is 470. The molecule has 0 saturated heterocycles. The summed E-state index contributed by atoms with van der Waals surface area (Å²) in [6.45, 7) is 8.94. The lowest BCUT2D eigenvalue weighted by Gasteiger charge is -2.43. The van der Waals surface area contributed by atoms with E-state index >= 15 is 0 Å². The Kier molecular flexibility index (Phi) is 4.24. The van der Waals surface area contributed by atoms with Crippen molar-refractivity contribution >= 4 is 0 Å². The van der Waals surface area contributed by atoms with Crippen molar-refractivity contribution in [2.75, 3.05) is 0 Å². The summed E-state index contributed by atoms with van der Waals surface area (Å²) in [5.41, 5.74) is 8.25. The quantitative estimate of drug-likeness (QED) is 0.834. The number of hydrogen-bond donors (Lipinski definition) is 1. The Morgan fingerprint density at radius 1 is 1.30 bits per heavy atom. The first-order valence-electron chi connectivity index (χ1n) is 7.84. The van der Waals surface area contributed by atoms with Crippen molar-refractivity contribution in [3.05, 3.63) is 35.1 Å². The summed E-state index contributed by atoms with van der Waals surface area (Å²) in [6.07, 6.45) is 5.17. The molecule has 0 aromatic heterocycles. The third-order valence-electron chi connectivity index (χ3n) is 5.55. The Balaban J connectivity index is 2.18. The van der Waals surface area contributed by atoms with E-state index < -0.39 is 5.54 Å². The molecule has 112 valence electrons. The lowest BCUT2D eigenvalue weighted by molar-refractivity contribution is 0.113. The molecule has 1 saturated carbocycles. The van der Waals surface area contributed by atoms with E-state index in [1.165, 1.54) is 6.42 Å². The molecule has 0 radical (unpaired) electrons. The molecule has 1 aromatic carbocycles. The van der Waals surface area contributed by atoms with Crippen LogP contribution in [0.25, 0.3) is 0 Å². The molecule has 2 N–H and O–H groups in total. The summed E-state index contributed by atoms with van der Waals surface area (Å²) >= 11 is 0. The molecule has 0 atom stereocenters. The molecule has 0 unspecified atom stereocenters. The number of benzene rings is 1. The normalized spacial score (nSPS) is 27.6. The van der Waals surface area contributed by atoms with Gasteiger partial charge in [-0.25, -0.2) is 4.39 Å². The minimum Gasteiger partial charge on any atom is -0.321 e. The van der Waals surface area contributed by atoms with Crippen molar-refractivity contribution in [3.8, 4) is 0 Å². The molecule has 0 aliphatic heterocycles. The molecule has 1 aromatic rings. The van der Waals surface area contributed by atoms with Gasteiger partial charge in [-0.05, 0) is 50.0 Å². The zero-order chi connectivity index (χ0) is 15.0. The molecular weight excluding hydrogens is 249 g/mol. The molecule has 1 aliphatic carbocycles. The molecular formula is C18H28FN. The molecule has 2 rings (SSSR count). The average molecular weight is 277 g/mol. The van der Waals surface area contributed by atoms with Gasteiger partial charge in [-0.3, -0.25) is 0 Å². The van der Waals surface area contributed by atoms with Crippen molar-refractivity contribution in [3.63, 3.8) is 0 Å². The van der Waals surface area contributed by atoms with Crippen LogP contribution in [0.3, 0.4) is 0 Å². The second kappa shape index (κ2) is 5.48. The smallest absolute Gasteiger partial charge is 0.128 e. The summed E-state index contributed by atoms with van der Waals surface area (Å²) < 4.78 is 14.1. The molecule has 1 aliphatic rings. The second-order valence-corrected chi connectivity index (χ2v) is 7.26. The van der Waals surface area contributed by atoms with Crippen LogP contribution in [0.15, 0.2) is 18.2 Å². The molecule has 1 fully saturated rings. The van der Waals surface area contributed by atoms with Crippen LogP contribution in [-0.2, 0) is 5.54 Å². The number of halogens is 1. The lowest BCUT2D eigenvalue weighted by Crippen LogP contribution is -2.43. The van der Waals surface area contributed by atoms with Gasteiger partial charge in [-0.2, -0.15) is 0 Å². The predicted molar refractivity (Wildman–Crippen MR) is 83.0 cm³/mol. The predicted octanol–water partition coefficient (Wildman–Crippen LogP) is 4.91. The molecule has 0 bridgehead atoms. The van der Waals surface area contributed by atoms with Gasteiger partial charge in [-0.1, -0.05) is 44.9 Å². The van der Waals surface area contributed by atoms with Crippen LogP contribution in [-0.4, -0.2) is 0 Å². The van der Waals surface area contributed by atoms with Crippen molar-refractivity contribution in [2.45, 2.75) is 65.3 Å². The minimum atomic E-state index is -0.476. The van der Waals surface area contributed by atoms with E-state index in [0.29, 0.717) is 16.9 Å². The first kappa shape index (κ1) is 15.5. The lowest BCUT2D eigenvalue weighted by atomic mass is 9.64. The summed E-state index contributed by atoms with van der Waals surface area (Å²) in [5.74, 6) is 0.559. The minimum absolute atomic E-state index is 0.147. The SMILES string of the molecule is CCC(C)(C)C1CCC(N)(c2cc(C)ccc2F)CC1. The van der Waals surface area contributed by atoms with Crippen molar-refractivity contribution in [2.24, 2.45) is 17.1 Å². The molecule has 20 heavy (non-hydrogen) atoms. The third kappa shape index (κ3) is 2.90. The number of hydrogen-bond acceptors (Lipinski definition) is 1. The summed E-state index contributed by atoms with van der Waals surface area (Å²) in [5, 5.41) is 0. The molecule has 2 heteroatoms. The van der Waals surface area contributed by atoms with Crippen LogP contribution in [0.5, 0.6) is 0 Å². The van der Waals surface area contributed by atoms with Gasteiger partial charge in [0.2, 0.25) is 0 Å². The average Bonchev–Trinajstić information content (AvgIpc) is 2.42. The van der Waals surface area contributed by atoms with E-state index in [2.05, 4.69) is 20.8 Å². The number of rotatable bonds is 3. The molecule has 0 amide bonds. The van der Waals surface area contributed by atoms with Gasteiger partial charge in [0, 0.05) is 11.1 Å². The monoisotopic (exact) mass is 277 g/mol. The zero-order valence-corrected chi connectivity index (χ0v) is 13.3. The van der Waals surface area contributed by atoms with Crippen molar-refractivity contribution < 1.29 is 4.39 Å². The first-order chi connectivity index (χ1) is 9.28. The first-order valence-corrected chi connectivity index (χ1v) is 7.84. The maximum atomic E-state index is 14.1. The van der Waals surface area contributed by atoms with Gasteiger partial charge in [0.1, 0.15) is 5.82 Å². The van der Waals surface area contributed by atoms with Gasteiger partial charge in [0.25, 0.3) is 0 Å². The van der Waals surface area contributed by atoms with E-state index in [9.17, 15) is 4.39 Å². The summed E-state index contributed by atoms with van der Waals surface area (Å²) in [7, 11) is 0. The van der Waals surface area contributed by atoms with Crippen LogP contribution in [0.2, 0.25) is 0 Å². The van der Waals surface area contributed by atoms with Crippen LogP contribution in [0, 0.1) is 24.1 Å². The Morgan fingerprint density at radius 2 is 1.90 bits per heavy atom. The largest absolute Gasteiger partial charge is 0.321 e. The standard InChI is InChI=1S/C18H28FN/c1-5-17(3,4)14-8-10-18(20,11-9-14)15-12-13(2)6-7-16(15)19/h6-7,12,14H,5,8-11,20H2,1-4H3. The fraction of sp³-hybridized carbons (Fsp3) is 0.667. The Labute approximate surface area is 122 Å². The molecule has 1 nitrogen and oxygen atoms in total. The van der Waals surface area contributed by atoms with Gasteiger partial charge < -0.3 is 5.73 Å². The highest BCUT2D eigenvalue weighted by Gasteiger charge is 2.39. The third-order valence-corrected chi connectivity index (χ3v) is 5.55. The van der Waals surface area contributed by atoms with Crippen LogP contribution < -0.4 is 5.73 Å². The Hall–Kier alpha value is -0.890. The fourth-order valence-corrected chi connectivity index (χ4v) is 3.49. The zero-order valence-electron chi connectivity index (χ0n) is 13.3. The fourth-order valence-electron chi connectivity index (χ4n) is 3.49. The van der Waals surface area contributed by atoms with Crippen molar-refractivity contribution in [1.29, 1.82) is 0 Å². The van der Waals surface area contributed by atoms with E-state index in [4.69, 9.17) is 5.73 Å². The second-order valence-electron chi connectivity index (χ2n) is 7.26. The molecule has 0 heterocycles. The van der Waals surface area contributed by atoms with Gasteiger partial charge in [0.15, 0.2) is 0 Å². The van der Waals surface area contributed by atoms with Gasteiger partial charge in [-0.15, -0.1) is 0 Å². The van der Waals surface area contributed by atoms with Crippen molar-refractivity contribution in [1.82, 2.24) is 0 Å². The van der Waals surface area contributed by atoms with E-state index in [-0.39, 0.29) is 5.82 Å². The highest BCUT2D eigenvalue weighted by atomic mass is 19.1. The summed E-state index contributed by atoms with van der Waals surface area (Å²) in [4.78, 5) is 0. The summed E-state index contributed by atoms with van der Waals surface area (Å²) in [6, 6.07) is 5.30.